The Morgan fingerprint density at radius 3 is 2.71 bits per heavy atom. The maximum absolute atomic E-state index is 5.53. The van der Waals surface area contributed by atoms with Gasteiger partial charge in [0.25, 0.3) is 0 Å². The quantitative estimate of drug-likeness (QED) is 0.778. The summed E-state index contributed by atoms with van der Waals surface area (Å²) in [5.41, 5.74) is 1.60. The Morgan fingerprint density at radius 1 is 1.35 bits per heavy atom. The van der Waals surface area contributed by atoms with Crippen molar-refractivity contribution >= 4 is 0 Å². The average Bonchev–Trinajstić information content (AvgIpc) is 2.34. The Labute approximate surface area is 105 Å². The number of nitrogens with zero attached hydrogens (tertiary/aromatic N) is 1. The number of ether oxygens (including phenoxy) is 1. The molecule has 0 aromatic heterocycles. The minimum atomic E-state index is 0.235. The molecule has 1 saturated heterocycles. The van der Waals surface area contributed by atoms with Crippen molar-refractivity contribution < 1.29 is 4.74 Å². The molecule has 94 valence electrons. The standard InChI is InChI=1S/C15H23NO/c1-12-11-16(3)10-9-15(12,2)13-7-5-6-8-14(13)17-4/h5-8,12H,9-11H2,1-4H3. The van der Waals surface area contributed by atoms with E-state index in [9.17, 15) is 0 Å². The summed E-state index contributed by atoms with van der Waals surface area (Å²) in [6.45, 7) is 7.05. The van der Waals surface area contributed by atoms with Crippen molar-refractivity contribution in [2.45, 2.75) is 25.7 Å². The van der Waals surface area contributed by atoms with Crippen LogP contribution in [0.4, 0.5) is 0 Å². The zero-order chi connectivity index (χ0) is 12.5. The molecule has 2 heteroatoms. The number of piperidine rings is 1. The third-order valence-corrected chi connectivity index (χ3v) is 4.41. The van der Waals surface area contributed by atoms with Gasteiger partial charge in [-0.2, -0.15) is 0 Å². The van der Waals surface area contributed by atoms with Crippen LogP contribution in [-0.2, 0) is 5.41 Å². The zero-order valence-corrected chi connectivity index (χ0v) is 11.4. The van der Waals surface area contributed by atoms with Gasteiger partial charge in [-0.3, -0.25) is 0 Å². The Hall–Kier alpha value is -1.02. The smallest absolute Gasteiger partial charge is 0.122 e. The van der Waals surface area contributed by atoms with Crippen LogP contribution in [0.2, 0.25) is 0 Å². The molecule has 1 heterocycles. The lowest BCUT2D eigenvalue weighted by Crippen LogP contribution is -2.45. The minimum absolute atomic E-state index is 0.235. The molecule has 2 nitrogen and oxygen atoms in total. The molecule has 0 radical (unpaired) electrons. The van der Waals surface area contributed by atoms with Crippen molar-refractivity contribution in [3.8, 4) is 5.75 Å². The minimum Gasteiger partial charge on any atom is -0.496 e. The fourth-order valence-corrected chi connectivity index (χ4v) is 2.95. The molecule has 1 aromatic rings. The Bertz CT molecular complexity index is 390. The Kier molecular flexibility index (Phi) is 3.43. The van der Waals surface area contributed by atoms with E-state index in [1.807, 2.05) is 6.07 Å². The van der Waals surface area contributed by atoms with Crippen molar-refractivity contribution in [3.63, 3.8) is 0 Å². The molecule has 1 aliphatic rings. The van der Waals surface area contributed by atoms with Crippen LogP contribution < -0.4 is 4.74 Å². The van der Waals surface area contributed by atoms with Gasteiger partial charge in [0.2, 0.25) is 0 Å². The van der Waals surface area contributed by atoms with Crippen LogP contribution in [0.1, 0.15) is 25.8 Å². The highest BCUT2D eigenvalue weighted by molar-refractivity contribution is 5.40. The van der Waals surface area contributed by atoms with Crippen molar-refractivity contribution in [3.05, 3.63) is 29.8 Å². The second-order valence-corrected chi connectivity index (χ2v) is 5.53. The first kappa shape index (κ1) is 12.4. The number of para-hydroxylation sites is 1. The predicted octanol–water partition coefficient (Wildman–Crippen LogP) is 2.92. The predicted molar refractivity (Wildman–Crippen MR) is 71.6 cm³/mol. The maximum atomic E-state index is 5.53. The molecule has 0 N–H and O–H groups in total. The first-order valence-corrected chi connectivity index (χ1v) is 6.40. The van der Waals surface area contributed by atoms with Crippen molar-refractivity contribution in [2.24, 2.45) is 5.92 Å². The SMILES string of the molecule is COc1ccccc1C1(C)CCN(C)CC1C. The first-order valence-electron chi connectivity index (χ1n) is 6.40. The highest BCUT2D eigenvalue weighted by Gasteiger charge is 2.38. The number of methoxy groups -OCH3 is 1. The van der Waals surface area contributed by atoms with Gasteiger partial charge in [0, 0.05) is 17.5 Å². The lowest BCUT2D eigenvalue weighted by atomic mass is 9.68. The summed E-state index contributed by atoms with van der Waals surface area (Å²) in [5, 5.41) is 0. The number of likely N-dealkylation sites (tertiary alicyclic amines) is 1. The highest BCUT2D eigenvalue weighted by atomic mass is 16.5. The second kappa shape index (κ2) is 4.69. The molecule has 2 atom stereocenters. The van der Waals surface area contributed by atoms with E-state index in [0.29, 0.717) is 5.92 Å². The van der Waals surface area contributed by atoms with Crippen molar-refractivity contribution in [2.75, 3.05) is 27.2 Å². The molecule has 0 saturated carbocycles. The molecule has 1 fully saturated rings. The molecule has 1 aliphatic heterocycles. The third kappa shape index (κ3) is 2.19. The molecule has 0 spiro atoms. The summed E-state index contributed by atoms with van der Waals surface area (Å²) >= 11 is 0. The molecule has 0 aliphatic carbocycles. The van der Waals surface area contributed by atoms with Crippen LogP contribution in [0.25, 0.3) is 0 Å². The summed E-state index contributed by atoms with van der Waals surface area (Å²) in [6, 6.07) is 8.46. The van der Waals surface area contributed by atoms with E-state index >= 15 is 0 Å². The summed E-state index contributed by atoms with van der Waals surface area (Å²) < 4.78 is 5.53. The lowest BCUT2D eigenvalue weighted by Gasteiger charge is -2.44. The molecular weight excluding hydrogens is 210 g/mol. The summed E-state index contributed by atoms with van der Waals surface area (Å²) in [4.78, 5) is 2.42. The summed E-state index contributed by atoms with van der Waals surface area (Å²) in [5.74, 6) is 1.68. The van der Waals surface area contributed by atoms with E-state index in [1.165, 1.54) is 18.5 Å². The largest absolute Gasteiger partial charge is 0.496 e. The highest BCUT2D eigenvalue weighted by Crippen LogP contribution is 2.42. The van der Waals surface area contributed by atoms with Crippen LogP contribution in [0.5, 0.6) is 5.75 Å². The molecule has 1 aromatic carbocycles. The van der Waals surface area contributed by atoms with Gasteiger partial charge in [-0.05, 0) is 32.0 Å². The molecular formula is C15H23NO. The van der Waals surface area contributed by atoms with Gasteiger partial charge in [-0.15, -0.1) is 0 Å². The number of hydrogen-bond acceptors (Lipinski definition) is 2. The molecule has 0 amide bonds. The van der Waals surface area contributed by atoms with E-state index in [1.54, 1.807) is 7.11 Å². The maximum Gasteiger partial charge on any atom is 0.122 e. The van der Waals surface area contributed by atoms with Gasteiger partial charge in [0.15, 0.2) is 0 Å². The molecule has 0 bridgehead atoms. The molecule has 2 unspecified atom stereocenters. The number of hydrogen-bond donors (Lipinski definition) is 0. The fraction of sp³-hybridized carbons (Fsp3) is 0.600. The zero-order valence-electron chi connectivity index (χ0n) is 11.4. The summed E-state index contributed by atoms with van der Waals surface area (Å²) in [6.07, 6.45) is 1.20. The summed E-state index contributed by atoms with van der Waals surface area (Å²) in [7, 11) is 3.97. The normalized spacial score (nSPS) is 30.2. The fourth-order valence-electron chi connectivity index (χ4n) is 2.95. The van der Waals surface area contributed by atoms with Crippen LogP contribution in [0.3, 0.4) is 0 Å². The Balaban J connectivity index is 2.37. The topological polar surface area (TPSA) is 12.5 Å². The van der Waals surface area contributed by atoms with Crippen LogP contribution in [0.15, 0.2) is 24.3 Å². The first-order chi connectivity index (χ1) is 8.08. The van der Waals surface area contributed by atoms with Gasteiger partial charge < -0.3 is 9.64 Å². The van der Waals surface area contributed by atoms with Crippen LogP contribution in [-0.4, -0.2) is 32.1 Å². The number of rotatable bonds is 2. The Morgan fingerprint density at radius 2 is 2.06 bits per heavy atom. The second-order valence-electron chi connectivity index (χ2n) is 5.53. The van der Waals surface area contributed by atoms with Gasteiger partial charge >= 0.3 is 0 Å². The van der Waals surface area contributed by atoms with Crippen LogP contribution >= 0.6 is 0 Å². The van der Waals surface area contributed by atoms with E-state index < -0.39 is 0 Å². The van der Waals surface area contributed by atoms with E-state index in [2.05, 4.69) is 44.0 Å². The third-order valence-electron chi connectivity index (χ3n) is 4.41. The van der Waals surface area contributed by atoms with Crippen molar-refractivity contribution in [1.29, 1.82) is 0 Å². The monoisotopic (exact) mass is 233 g/mol. The number of benzene rings is 1. The van der Waals surface area contributed by atoms with Gasteiger partial charge in [-0.1, -0.05) is 32.0 Å². The van der Waals surface area contributed by atoms with E-state index in [0.717, 1.165) is 12.3 Å². The molecule has 2 rings (SSSR count). The molecule has 17 heavy (non-hydrogen) atoms. The lowest BCUT2D eigenvalue weighted by molar-refractivity contribution is 0.131. The van der Waals surface area contributed by atoms with Gasteiger partial charge in [0.1, 0.15) is 5.75 Å². The van der Waals surface area contributed by atoms with Crippen molar-refractivity contribution in [1.82, 2.24) is 4.90 Å². The van der Waals surface area contributed by atoms with E-state index in [-0.39, 0.29) is 5.41 Å². The van der Waals surface area contributed by atoms with E-state index in [4.69, 9.17) is 4.74 Å². The van der Waals surface area contributed by atoms with Crippen LogP contribution in [0, 0.1) is 5.92 Å². The average molecular weight is 233 g/mol. The van der Waals surface area contributed by atoms with Gasteiger partial charge in [0.05, 0.1) is 7.11 Å². The van der Waals surface area contributed by atoms with Gasteiger partial charge in [-0.25, -0.2) is 0 Å².